The molecule has 0 aliphatic carbocycles. The summed E-state index contributed by atoms with van der Waals surface area (Å²) in [6.45, 7) is 1.76. The SMILES string of the molecule is CC(CNC(=O)NC(CC(=O)O)C(=O)O)S(C)=O. The fourth-order valence-electron chi connectivity index (χ4n) is 0.938. The summed E-state index contributed by atoms with van der Waals surface area (Å²) in [5.74, 6) is -2.76. The van der Waals surface area contributed by atoms with E-state index in [4.69, 9.17) is 10.2 Å². The molecular formula is C9H16N2O6S. The lowest BCUT2D eigenvalue weighted by atomic mass is 10.2. The van der Waals surface area contributed by atoms with Crippen LogP contribution in [0.1, 0.15) is 13.3 Å². The Morgan fingerprint density at radius 3 is 2.22 bits per heavy atom. The molecule has 0 aromatic heterocycles. The number of carboxylic acids is 2. The van der Waals surface area contributed by atoms with Crippen molar-refractivity contribution in [2.24, 2.45) is 0 Å². The predicted octanol–water partition coefficient (Wildman–Crippen LogP) is -1.02. The van der Waals surface area contributed by atoms with Crippen molar-refractivity contribution in [3.05, 3.63) is 0 Å². The van der Waals surface area contributed by atoms with Crippen LogP contribution in [0.5, 0.6) is 0 Å². The molecule has 0 bridgehead atoms. The first-order chi connectivity index (χ1) is 8.23. The standard InChI is InChI=1S/C9H16N2O6S/c1-5(18(2)17)4-10-9(16)11-6(8(14)15)3-7(12)13/h5-6H,3-4H2,1-2H3,(H,12,13)(H,14,15)(H2,10,11,16). The zero-order valence-corrected chi connectivity index (χ0v) is 10.8. The Labute approximate surface area is 106 Å². The lowest BCUT2D eigenvalue weighted by Crippen LogP contribution is -2.48. The van der Waals surface area contributed by atoms with Gasteiger partial charge in [0.1, 0.15) is 6.04 Å². The van der Waals surface area contributed by atoms with Gasteiger partial charge in [-0.1, -0.05) is 0 Å². The normalized spacial score (nSPS) is 15.2. The Kier molecular flexibility index (Phi) is 6.94. The minimum Gasteiger partial charge on any atom is -0.481 e. The van der Waals surface area contributed by atoms with Crippen LogP contribution >= 0.6 is 0 Å². The van der Waals surface area contributed by atoms with Gasteiger partial charge in [-0.3, -0.25) is 9.00 Å². The van der Waals surface area contributed by atoms with Crippen LogP contribution < -0.4 is 10.6 Å². The monoisotopic (exact) mass is 280 g/mol. The fourth-order valence-corrected chi connectivity index (χ4v) is 1.26. The number of carbonyl (C=O) groups is 3. The van der Waals surface area contributed by atoms with Crippen LogP contribution in [-0.2, 0) is 20.4 Å². The molecule has 0 aliphatic heterocycles. The highest BCUT2D eigenvalue weighted by Gasteiger charge is 2.23. The maximum atomic E-state index is 11.3. The molecule has 0 aliphatic rings. The molecule has 2 amide bonds. The van der Waals surface area contributed by atoms with Crippen LogP contribution in [-0.4, -0.2) is 56.5 Å². The molecule has 0 spiro atoms. The fraction of sp³-hybridized carbons (Fsp3) is 0.667. The van der Waals surface area contributed by atoms with Crippen molar-refractivity contribution in [2.45, 2.75) is 24.6 Å². The first kappa shape index (κ1) is 16.4. The average molecular weight is 280 g/mol. The summed E-state index contributed by atoms with van der Waals surface area (Å²) < 4.78 is 11.0. The predicted molar refractivity (Wildman–Crippen MR) is 63.7 cm³/mol. The number of amides is 2. The average Bonchev–Trinajstić information content (AvgIpc) is 2.23. The first-order valence-corrected chi connectivity index (χ1v) is 6.67. The number of carboxylic acid groups (broad SMARTS) is 2. The number of hydrogen-bond donors (Lipinski definition) is 4. The largest absolute Gasteiger partial charge is 0.481 e. The zero-order valence-electron chi connectivity index (χ0n) is 10.0. The lowest BCUT2D eigenvalue weighted by Gasteiger charge is -2.14. The number of aliphatic carboxylic acids is 2. The van der Waals surface area contributed by atoms with Crippen LogP contribution in [0.4, 0.5) is 4.79 Å². The number of urea groups is 1. The van der Waals surface area contributed by atoms with Crippen molar-refractivity contribution < 1.29 is 28.8 Å². The third kappa shape index (κ3) is 6.84. The molecule has 8 nitrogen and oxygen atoms in total. The molecule has 3 atom stereocenters. The van der Waals surface area contributed by atoms with E-state index < -0.39 is 41.2 Å². The van der Waals surface area contributed by atoms with Crippen LogP contribution in [0.15, 0.2) is 0 Å². The highest BCUT2D eigenvalue weighted by atomic mass is 32.2. The Balaban J connectivity index is 4.22. The second kappa shape index (κ2) is 7.64. The first-order valence-electron chi connectivity index (χ1n) is 5.05. The highest BCUT2D eigenvalue weighted by Crippen LogP contribution is 1.93. The summed E-state index contributed by atoms with van der Waals surface area (Å²) in [5, 5.41) is 21.2. The third-order valence-electron chi connectivity index (χ3n) is 2.10. The van der Waals surface area contributed by atoms with Crippen LogP contribution in [0.3, 0.4) is 0 Å². The molecule has 0 saturated heterocycles. The van der Waals surface area contributed by atoms with Gasteiger partial charge in [0.2, 0.25) is 0 Å². The van der Waals surface area contributed by atoms with Gasteiger partial charge in [0.05, 0.1) is 6.42 Å². The van der Waals surface area contributed by atoms with Crippen molar-refractivity contribution in [1.82, 2.24) is 10.6 Å². The van der Waals surface area contributed by atoms with Crippen LogP contribution in [0.25, 0.3) is 0 Å². The summed E-state index contributed by atoms with van der Waals surface area (Å²) in [6.07, 6.45) is 0.771. The van der Waals surface area contributed by atoms with Crippen molar-refractivity contribution in [3.8, 4) is 0 Å². The number of hydrogen-bond acceptors (Lipinski definition) is 4. The van der Waals surface area contributed by atoms with Gasteiger partial charge in [-0.2, -0.15) is 0 Å². The molecule has 18 heavy (non-hydrogen) atoms. The van der Waals surface area contributed by atoms with E-state index in [1.54, 1.807) is 6.92 Å². The highest BCUT2D eigenvalue weighted by molar-refractivity contribution is 7.84. The summed E-state index contributed by atoms with van der Waals surface area (Å²) in [4.78, 5) is 32.3. The molecule has 0 aromatic carbocycles. The van der Waals surface area contributed by atoms with Gasteiger partial charge >= 0.3 is 18.0 Å². The quantitative estimate of drug-likeness (QED) is 0.472. The number of carbonyl (C=O) groups excluding carboxylic acids is 1. The van der Waals surface area contributed by atoms with Crippen molar-refractivity contribution in [2.75, 3.05) is 12.8 Å². The van der Waals surface area contributed by atoms with Gasteiger partial charge < -0.3 is 20.8 Å². The molecule has 0 heterocycles. The maximum Gasteiger partial charge on any atom is 0.326 e. The lowest BCUT2D eigenvalue weighted by molar-refractivity contribution is -0.145. The summed E-state index contributed by atoms with van der Waals surface area (Å²) in [7, 11) is -1.11. The third-order valence-corrected chi connectivity index (χ3v) is 3.40. The second-order valence-corrected chi connectivity index (χ2v) is 5.45. The number of rotatable bonds is 7. The summed E-state index contributed by atoms with van der Waals surface area (Å²) in [6, 6.07) is -2.30. The summed E-state index contributed by atoms with van der Waals surface area (Å²) >= 11 is 0. The van der Waals surface area contributed by atoms with E-state index in [-0.39, 0.29) is 11.8 Å². The molecule has 4 N–H and O–H groups in total. The van der Waals surface area contributed by atoms with Gasteiger partial charge in [-0.15, -0.1) is 0 Å². The molecule has 104 valence electrons. The molecule has 0 saturated carbocycles. The van der Waals surface area contributed by atoms with Crippen molar-refractivity contribution in [1.29, 1.82) is 0 Å². The smallest absolute Gasteiger partial charge is 0.326 e. The molecule has 3 unspecified atom stereocenters. The number of nitrogens with one attached hydrogen (secondary N) is 2. The van der Waals surface area contributed by atoms with Crippen LogP contribution in [0, 0.1) is 0 Å². The molecule has 0 fully saturated rings. The molecule has 0 rings (SSSR count). The zero-order chi connectivity index (χ0) is 14.3. The topological polar surface area (TPSA) is 133 Å². The van der Waals surface area contributed by atoms with E-state index in [0.717, 1.165) is 0 Å². The maximum absolute atomic E-state index is 11.3. The van der Waals surface area contributed by atoms with E-state index in [2.05, 4.69) is 5.32 Å². The van der Waals surface area contributed by atoms with Gasteiger partial charge in [0, 0.05) is 28.9 Å². The van der Waals surface area contributed by atoms with Gasteiger partial charge in [-0.05, 0) is 6.92 Å². The van der Waals surface area contributed by atoms with Crippen molar-refractivity contribution in [3.63, 3.8) is 0 Å². The Morgan fingerprint density at radius 2 is 1.83 bits per heavy atom. The minimum atomic E-state index is -1.50. The van der Waals surface area contributed by atoms with E-state index in [1.807, 2.05) is 5.32 Å². The molecule has 0 aromatic rings. The minimum absolute atomic E-state index is 0.106. The second-order valence-electron chi connectivity index (χ2n) is 3.65. The molecule has 9 heteroatoms. The Bertz CT molecular complexity index is 359. The van der Waals surface area contributed by atoms with Crippen LogP contribution in [0.2, 0.25) is 0 Å². The van der Waals surface area contributed by atoms with Crippen molar-refractivity contribution >= 4 is 28.8 Å². The van der Waals surface area contributed by atoms with E-state index in [0.29, 0.717) is 0 Å². The molecular weight excluding hydrogens is 264 g/mol. The Morgan fingerprint density at radius 1 is 1.28 bits per heavy atom. The van der Waals surface area contributed by atoms with Gasteiger partial charge in [0.15, 0.2) is 0 Å². The van der Waals surface area contributed by atoms with Gasteiger partial charge in [0.25, 0.3) is 0 Å². The van der Waals surface area contributed by atoms with E-state index in [1.165, 1.54) is 6.26 Å². The van der Waals surface area contributed by atoms with Gasteiger partial charge in [-0.25, -0.2) is 9.59 Å². The Hall–Kier alpha value is -1.64. The van der Waals surface area contributed by atoms with E-state index in [9.17, 15) is 18.6 Å². The molecule has 0 radical (unpaired) electrons. The van der Waals surface area contributed by atoms with E-state index >= 15 is 0 Å². The summed E-state index contributed by atoms with van der Waals surface area (Å²) in [5.41, 5.74) is 0.